The van der Waals surface area contributed by atoms with Crippen molar-refractivity contribution >= 4 is 34.0 Å². The first-order valence-electron chi connectivity index (χ1n) is 9.13. The first-order valence-corrected chi connectivity index (χ1v) is 9.51. The smallest absolute Gasteiger partial charge is 0.276 e. The lowest BCUT2D eigenvalue weighted by Gasteiger charge is -2.16. The largest absolute Gasteiger partial charge is 0.320 e. The molecule has 3 aromatic rings. The maximum Gasteiger partial charge on any atom is 0.276 e. The number of amides is 1. The number of halogens is 1. The summed E-state index contributed by atoms with van der Waals surface area (Å²) in [5, 5.41) is 8.96. The van der Waals surface area contributed by atoms with Gasteiger partial charge in [-0.1, -0.05) is 49.7 Å². The van der Waals surface area contributed by atoms with Crippen LogP contribution in [0.15, 0.2) is 41.2 Å². The van der Waals surface area contributed by atoms with Crippen molar-refractivity contribution in [2.24, 2.45) is 0 Å². The number of anilines is 1. The van der Waals surface area contributed by atoms with Gasteiger partial charge in [0, 0.05) is 22.6 Å². The third-order valence-corrected chi connectivity index (χ3v) is 5.05. The molecule has 3 rings (SSSR count). The van der Waals surface area contributed by atoms with Gasteiger partial charge >= 0.3 is 0 Å². The molecule has 27 heavy (non-hydrogen) atoms. The summed E-state index contributed by atoms with van der Waals surface area (Å²) in [6.07, 6.45) is 1.47. The Bertz CT molecular complexity index is 1070. The van der Waals surface area contributed by atoms with E-state index < -0.39 is 0 Å². The minimum atomic E-state index is -0.347. The van der Waals surface area contributed by atoms with Gasteiger partial charge in [0.1, 0.15) is 0 Å². The zero-order valence-electron chi connectivity index (χ0n) is 15.7. The third kappa shape index (κ3) is 3.47. The van der Waals surface area contributed by atoms with E-state index in [0.717, 1.165) is 23.2 Å². The number of aryl methyl sites for hydroxylation is 2. The van der Waals surface area contributed by atoms with Gasteiger partial charge in [-0.3, -0.25) is 9.59 Å². The van der Waals surface area contributed by atoms with Gasteiger partial charge in [0.05, 0.1) is 5.39 Å². The van der Waals surface area contributed by atoms with E-state index in [-0.39, 0.29) is 17.2 Å². The van der Waals surface area contributed by atoms with E-state index in [4.69, 9.17) is 11.6 Å². The molecule has 1 N–H and O–H groups in total. The molecule has 0 saturated carbocycles. The Morgan fingerprint density at radius 1 is 1.07 bits per heavy atom. The number of rotatable bonds is 5. The lowest BCUT2D eigenvalue weighted by Crippen LogP contribution is -2.27. The van der Waals surface area contributed by atoms with E-state index in [1.165, 1.54) is 4.68 Å². The summed E-state index contributed by atoms with van der Waals surface area (Å²) in [4.78, 5) is 25.6. The molecule has 0 atom stereocenters. The molecule has 140 valence electrons. The van der Waals surface area contributed by atoms with E-state index in [1.807, 2.05) is 32.9 Å². The molecule has 1 amide bonds. The number of carbonyl (C=O) groups excluding carboxylic acids is 1. The predicted octanol–water partition coefficient (Wildman–Crippen LogP) is 4.45. The zero-order chi connectivity index (χ0) is 19.6. The molecule has 5 nitrogen and oxygen atoms in total. The van der Waals surface area contributed by atoms with Gasteiger partial charge in [0.2, 0.25) is 0 Å². The molecule has 1 heterocycles. The maximum atomic E-state index is 13.1. The zero-order valence-corrected chi connectivity index (χ0v) is 16.4. The average molecular weight is 384 g/mol. The molecule has 0 aliphatic rings. The van der Waals surface area contributed by atoms with Crippen molar-refractivity contribution < 1.29 is 4.79 Å². The number of hydrogen-bond acceptors (Lipinski definition) is 3. The van der Waals surface area contributed by atoms with Crippen LogP contribution in [0, 0.1) is 0 Å². The number of nitrogens with zero attached hydrogens (tertiary/aromatic N) is 2. The Labute approximate surface area is 163 Å². The van der Waals surface area contributed by atoms with Crippen LogP contribution in [0.2, 0.25) is 5.02 Å². The highest BCUT2D eigenvalue weighted by Gasteiger charge is 2.19. The summed E-state index contributed by atoms with van der Waals surface area (Å²) in [5.74, 6) is -0.347. The van der Waals surface area contributed by atoms with Crippen LogP contribution in [0.3, 0.4) is 0 Å². The molecule has 0 saturated heterocycles. The summed E-state index contributed by atoms with van der Waals surface area (Å²) >= 11 is 6.34. The first kappa shape index (κ1) is 19.1. The van der Waals surface area contributed by atoms with Crippen molar-refractivity contribution in [2.45, 2.75) is 40.2 Å². The second-order valence-electron chi connectivity index (χ2n) is 6.24. The number of carbonyl (C=O) groups is 1. The summed E-state index contributed by atoms with van der Waals surface area (Å²) in [6.45, 7) is 6.25. The van der Waals surface area contributed by atoms with Crippen LogP contribution in [0.5, 0.6) is 0 Å². The molecule has 0 bridgehead atoms. The number of fused-ring (bicyclic) bond motifs is 1. The summed E-state index contributed by atoms with van der Waals surface area (Å²) in [7, 11) is 0. The van der Waals surface area contributed by atoms with E-state index in [2.05, 4.69) is 10.4 Å². The fourth-order valence-corrected chi connectivity index (χ4v) is 3.55. The minimum absolute atomic E-state index is 0.198. The maximum absolute atomic E-state index is 13.1. The molecule has 0 spiro atoms. The molecule has 1 aromatic heterocycles. The predicted molar refractivity (Wildman–Crippen MR) is 110 cm³/mol. The Morgan fingerprint density at radius 2 is 1.78 bits per heavy atom. The minimum Gasteiger partial charge on any atom is -0.320 e. The van der Waals surface area contributed by atoms with Crippen molar-refractivity contribution in [1.82, 2.24) is 9.78 Å². The van der Waals surface area contributed by atoms with Gasteiger partial charge in [-0.05, 0) is 43.0 Å². The molecule has 0 aliphatic carbocycles. The quantitative estimate of drug-likeness (QED) is 0.708. The van der Waals surface area contributed by atoms with Gasteiger partial charge in [-0.25, -0.2) is 4.68 Å². The summed E-state index contributed by atoms with van der Waals surface area (Å²) in [6, 6.07) is 10.8. The molecule has 0 fully saturated rings. The lowest BCUT2D eigenvalue weighted by molar-refractivity contribution is 0.102. The second-order valence-corrected chi connectivity index (χ2v) is 6.64. The van der Waals surface area contributed by atoms with E-state index >= 15 is 0 Å². The van der Waals surface area contributed by atoms with Gasteiger partial charge in [-0.15, -0.1) is 0 Å². The van der Waals surface area contributed by atoms with E-state index in [1.54, 1.807) is 24.3 Å². The van der Waals surface area contributed by atoms with Crippen molar-refractivity contribution in [3.63, 3.8) is 0 Å². The van der Waals surface area contributed by atoms with Crippen molar-refractivity contribution in [3.8, 4) is 0 Å². The van der Waals surface area contributed by atoms with Crippen LogP contribution < -0.4 is 10.9 Å². The molecular weight excluding hydrogens is 362 g/mol. The average Bonchev–Trinajstić information content (AvgIpc) is 2.69. The lowest BCUT2D eigenvalue weighted by atomic mass is 10.0. The molecule has 2 aromatic carbocycles. The van der Waals surface area contributed by atoms with Crippen molar-refractivity contribution in [3.05, 3.63) is 68.6 Å². The summed E-state index contributed by atoms with van der Waals surface area (Å²) < 4.78 is 1.32. The first-order chi connectivity index (χ1) is 13.0. The van der Waals surface area contributed by atoms with Crippen LogP contribution in [0.25, 0.3) is 10.8 Å². The molecule has 0 aliphatic heterocycles. The fourth-order valence-electron chi connectivity index (χ4n) is 3.26. The summed E-state index contributed by atoms with van der Waals surface area (Å²) in [5.41, 5.74) is 2.68. The molecule has 6 heteroatoms. The molecular formula is C21H22ClN3O2. The van der Waals surface area contributed by atoms with Gasteiger partial charge < -0.3 is 5.32 Å². The Balaban J connectivity index is 2.15. The Morgan fingerprint density at radius 3 is 2.41 bits per heavy atom. The monoisotopic (exact) mass is 383 g/mol. The van der Waals surface area contributed by atoms with Crippen LogP contribution >= 0.6 is 11.6 Å². The normalized spacial score (nSPS) is 11.0. The standard InChI is InChI=1S/C21H22ClN3O2/c1-4-13-11-12-17(22)14(5-2)18(13)23-20(26)19-15-9-7-8-10-16(15)21(27)25(6-3)24-19/h7-12H,4-6H2,1-3H3,(H,23,26). The fraction of sp³-hybridized carbons (Fsp3) is 0.286. The number of aromatic nitrogens is 2. The topological polar surface area (TPSA) is 64.0 Å². The number of hydrogen-bond donors (Lipinski definition) is 1. The number of benzene rings is 2. The third-order valence-electron chi connectivity index (χ3n) is 4.70. The highest BCUT2D eigenvalue weighted by atomic mass is 35.5. The molecule has 0 unspecified atom stereocenters. The Hall–Kier alpha value is -2.66. The van der Waals surface area contributed by atoms with Crippen molar-refractivity contribution in [2.75, 3.05) is 5.32 Å². The van der Waals surface area contributed by atoms with Crippen LogP contribution in [-0.4, -0.2) is 15.7 Å². The van der Waals surface area contributed by atoms with Gasteiger partial charge in [0.15, 0.2) is 5.69 Å². The SMILES string of the molecule is CCc1ccc(Cl)c(CC)c1NC(=O)c1nn(CC)c(=O)c2ccccc12. The molecule has 0 radical (unpaired) electrons. The van der Waals surface area contributed by atoms with E-state index in [0.29, 0.717) is 28.8 Å². The highest BCUT2D eigenvalue weighted by molar-refractivity contribution is 6.32. The number of nitrogens with one attached hydrogen (secondary N) is 1. The highest BCUT2D eigenvalue weighted by Crippen LogP contribution is 2.30. The van der Waals surface area contributed by atoms with Crippen LogP contribution in [0.4, 0.5) is 5.69 Å². The van der Waals surface area contributed by atoms with Gasteiger partial charge in [-0.2, -0.15) is 5.10 Å². The van der Waals surface area contributed by atoms with E-state index in [9.17, 15) is 9.59 Å². The Kier molecular flexibility index (Phi) is 5.61. The van der Waals surface area contributed by atoms with Gasteiger partial charge in [0.25, 0.3) is 11.5 Å². The van der Waals surface area contributed by atoms with Crippen molar-refractivity contribution in [1.29, 1.82) is 0 Å². The van der Waals surface area contributed by atoms with Crippen LogP contribution in [-0.2, 0) is 19.4 Å². The van der Waals surface area contributed by atoms with Crippen LogP contribution in [0.1, 0.15) is 42.4 Å². The second kappa shape index (κ2) is 7.92.